The zero-order valence-corrected chi connectivity index (χ0v) is 12.5. The van der Waals surface area contributed by atoms with E-state index >= 15 is 0 Å². The summed E-state index contributed by atoms with van der Waals surface area (Å²) in [4.78, 5) is 2.66. The Balaban J connectivity index is 1.82. The highest BCUT2D eigenvalue weighted by atomic mass is 19.1. The van der Waals surface area contributed by atoms with Gasteiger partial charge in [0.1, 0.15) is 5.82 Å². The second-order valence-corrected chi connectivity index (χ2v) is 6.37. The molecule has 3 heteroatoms. The van der Waals surface area contributed by atoms with Gasteiger partial charge in [0, 0.05) is 24.2 Å². The summed E-state index contributed by atoms with van der Waals surface area (Å²) < 4.78 is 13.5. The fourth-order valence-electron chi connectivity index (χ4n) is 4.22. The number of rotatable bonds is 3. The lowest BCUT2D eigenvalue weighted by atomic mass is 9.80. The van der Waals surface area contributed by atoms with E-state index < -0.39 is 0 Å². The Morgan fingerprint density at radius 3 is 2.55 bits per heavy atom. The van der Waals surface area contributed by atoms with Crippen molar-refractivity contribution in [3.05, 3.63) is 35.6 Å². The van der Waals surface area contributed by atoms with Crippen LogP contribution in [0.25, 0.3) is 0 Å². The predicted molar refractivity (Wildman–Crippen MR) is 80.2 cm³/mol. The maximum absolute atomic E-state index is 13.5. The molecule has 0 aliphatic carbocycles. The molecule has 20 heavy (non-hydrogen) atoms. The number of nitrogens with zero attached hydrogens (tertiary/aromatic N) is 1. The SMILES string of the molecule is CNC1CC2CCCC(C1)N2C(C)c1cccc(F)c1. The molecule has 1 aromatic carbocycles. The van der Waals surface area contributed by atoms with Gasteiger partial charge >= 0.3 is 0 Å². The van der Waals surface area contributed by atoms with Crippen molar-refractivity contribution >= 4 is 0 Å². The Labute approximate surface area is 121 Å². The van der Waals surface area contributed by atoms with E-state index in [-0.39, 0.29) is 5.82 Å². The van der Waals surface area contributed by atoms with Gasteiger partial charge < -0.3 is 5.32 Å². The number of fused-ring (bicyclic) bond motifs is 2. The molecule has 2 fully saturated rings. The number of benzene rings is 1. The van der Waals surface area contributed by atoms with Crippen molar-refractivity contribution in [1.82, 2.24) is 10.2 Å². The van der Waals surface area contributed by atoms with E-state index in [1.54, 1.807) is 6.07 Å². The summed E-state index contributed by atoms with van der Waals surface area (Å²) in [5, 5.41) is 3.45. The molecule has 0 spiro atoms. The molecule has 3 rings (SSSR count). The Hall–Kier alpha value is -0.930. The Morgan fingerprint density at radius 2 is 1.95 bits per heavy atom. The third kappa shape index (κ3) is 2.61. The highest BCUT2D eigenvalue weighted by Crippen LogP contribution is 2.39. The van der Waals surface area contributed by atoms with Crippen molar-refractivity contribution in [3.63, 3.8) is 0 Å². The number of hydrogen-bond acceptors (Lipinski definition) is 2. The van der Waals surface area contributed by atoms with E-state index in [1.165, 1.54) is 38.2 Å². The highest BCUT2D eigenvalue weighted by molar-refractivity contribution is 5.20. The third-order valence-corrected chi connectivity index (χ3v) is 5.22. The topological polar surface area (TPSA) is 15.3 Å². The smallest absolute Gasteiger partial charge is 0.123 e. The quantitative estimate of drug-likeness (QED) is 0.909. The van der Waals surface area contributed by atoms with E-state index in [1.807, 2.05) is 6.07 Å². The molecule has 0 radical (unpaired) electrons. The van der Waals surface area contributed by atoms with Crippen LogP contribution in [-0.2, 0) is 0 Å². The van der Waals surface area contributed by atoms with Crippen LogP contribution in [0.3, 0.4) is 0 Å². The van der Waals surface area contributed by atoms with Gasteiger partial charge in [-0.3, -0.25) is 4.90 Å². The zero-order valence-electron chi connectivity index (χ0n) is 12.5. The summed E-state index contributed by atoms with van der Waals surface area (Å²) in [6.45, 7) is 2.24. The first kappa shape index (κ1) is 14.0. The summed E-state index contributed by atoms with van der Waals surface area (Å²) in [6, 6.07) is 9.40. The molecule has 3 atom stereocenters. The van der Waals surface area contributed by atoms with Crippen LogP contribution in [0.4, 0.5) is 4.39 Å². The number of hydrogen-bond donors (Lipinski definition) is 1. The standard InChI is InChI=1S/C17H25FN2/c1-12(13-5-3-6-14(18)9-13)20-16-7-4-8-17(20)11-15(10-16)19-2/h3,5-6,9,12,15-17,19H,4,7-8,10-11H2,1-2H3. The molecule has 1 aromatic rings. The van der Waals surface area contributed by atoms with Crippen LogP contribution in [0.5, 0.6) is 0 Å². The Kier molecular flexibility index (Phi) is 4.08. The van der Waals surface area contributed by atoms with Crippen LogP contribution < -0.4 is 5.32 Å². The normalized spacial score (nSPS) is 32.0. The Morgan fingerprint density at radius 1 is 1.25 bits per heavy atom. The van der Waals surface area contributed by atoms with Crippen LogP contribution in [0.15, 0.2) is 24.3 Å². The van der Waals surface area contributed by atoms with Gasteiger partial charge in [0.2, 0.25) is 0 Å². The lowest BCUT2D eigenvalue weighted by molar-refractivity contribution is -0.00523. The van der Waals surface area contributed by atoms with Gasteiger partial charge in [-0.05, 0) is 57.4 Å². The molecule has 0 saturated carbocycles. The monoisotopic (exact) mass is 276 g/mol. The molecule has 2 heterocycles. The minimum atomic E-state index is -0.121. The minimum absolute atomic E-state index is 0.121. The number of piperidine rings is 2. The molecule has 2 aliphatic rings. The van der Waals surface area contributed by atoms with E-state index in [2.05, 4.69) is 30.3 Å². The average Bonchev–Trinajstić information content (AvgIpc) is 2.45. The van der Waals surface area contributed by atoms with E-state index in [0.29, 0.717) is 24.2 Å². The van der Waals surface area contributed by atoms with Crippen molar-refractivity contribution in [2.45, 2.75) is 63.2 Å². The lowest BCUT2D eigenvalue weighted by Gasteiger charge is -2.51. The summed E-state index contributed by atoms with van der Waals surface area (Å²) in [5.74, 6) is -0.121. The minimum Gasteiger partial charge on any atom is -0.317 e. The number of nitrogens with one attached hydrogen (secondary N) is 1. The first-order valence-corrected chi connectivity index (χ1v) is 7.89. The molecule has 2 nitrogen and oxygen atoms in total. The molecule has 0 amide bonds. The molecule has 1 N–H and O–H groups in total. The molecular weight excluding hydrogens is 251 g/mol. The molecule has 2 bridgehead atoms. The second-order valence-electron chi connectivity index (χ2n) is 6.37. The van der Waals surface area contributed by atoms with Gasteiger partial charge in [-0.2, -0.15) is 0 Å². The van der Waals surface area contributed by atoms with Crippen molar-refractivity contribution in [2.24, 2.45) is 0 Å². The fourth-order valence-corrected chi connectivity index (χ4v) is 4.22. The van der Waals surface area contributed by atoms with Gasteiger partial charge in [0.25, 0.3) is 0 Å². The van der Waals surface area contributed by atoms with Crippen molar-refractivity contribution in [1.29, 1.82) is 0 Å². The molecule has 3 unspecified atom stereocenters. The first-order chi connectivity index (χ1) is 9.69. The fraction of sp³-hybridized carbons (Fsp3) is 0.647. The Bertz CT molecular complexity index is 448. The van der Waals surface area contributed by atoms with Crippen molar-refractivity contribution in [2.75, 3.05) is 7.05 Å². The van der Waals surface area contributed by atoms with Gasteiger partial charge in [0.15, 0.2) is 0 Å². The average molecular weight is 276 g/mol. The molecule has 0 aromatic heterocycles. The first-order valence-electron chi connectivity index (χ1n) is 7.89. The van der Waals surface area contributed by atoms with E-state index in [9.17, 15) is 4.39 Å². The van der Waals surface area contributed by atoms with Gasteiger partial charge in [0.05, 0.1) is 0 Å². The van der Waals surface area contributed by atoms with Crippen LogP contribution >= 0.6 is 0 Å². The molecular formula is C17H25FN2. The molecule has 110 valence electrons. The largest absolute Gasteiger partial charge is 0.317 e. The lowest BCUT2D eigenvalue weighted by Crippen LogP contribution is -2.56. The van der Waals surface area contributed by atoms with Crippen molar-refractivity contribution < 1.29 is 4.39 Å². The van der Waals surface area contributed by atoms with E-state index in [0.717, 1.165) is 5.56 Å². The van der Waals surface area contributed by atoms with Gasteiger partial charge in [-0.15, -0.1) is 0 Å². The third-order valence-electron chi connectivity index (χ3n) is 5.22. The molecule has 2 aliphatic heterocycles. The van der Waals surface area contributed by atoms with Crippen LogP contribution in [0, 0.1) is 5.82 Å². The van der Waals surface area contributed by atoms with Crippen LogP contribution in [0.2, 0.25) is 0 Å². The van der Waals surface area contributed by atoms with Crippen LogP contribution in [-0.4, -0.2) is 30.1 Å². The van der Waals surface area contributed by atoms with Gasteiger partial charge in [-0.1, -0.05) is 18.6 Å². The van der Waals surface area contributed by atoms with Gasteiger partial charge in [-0.25, -0.2) is 4.39 Å². The summed E-state index contributed by atoms with van der Waals surface area (Å²) >= 11 is 0. The highest BCUT2D eigenvalue weighted by Gasteiger charge is 2.40. The summed E-state index contributed by atoms with van der Waals surface area (Å²) in [7, 11) is 2.08. The maximum Gasteiger partial charge on any atom is 0.123 e. The summed E-state index contributed by atoms with van der Waals surface area (Å²) in [5.41, 5.74) is 1.12. The zero-order chi connectivity index (χ0) is 14.1. The maximum atomic E-state index is 13.5. The molecule has 2 saturated heterocycles. The van der Waals surface area contributed by atoms with Crippen LogP contribution in [0.1, 0.15) is 50.6 Å². The van der Waals surface area contributed by atoms with Crippen molar-refractivity contribution in [3.8, 4) is 0 Å². The second kappa shape index (κ2) is 5.82. The van der Waals surface area contributed by atoms with E-state index in [4.69, 9.17) is 0 Å². The predicted octanol–water partition coefficient (Wildman–Crippen LogP) is 3.49. The number of halogens is 1. The summed E-state index contributed by atoms with van der Waals surface area (Å²) in [6.07, 6.45) is 6.38.